The van der Waals surface area contributed by atoms with Crippen molar-refractivity contribution in [1.82, 2.24) is 4.98 Å². The van der Waals surface area contributed by atoms with Gasteiger partial charge in [0.15, 0.2) is 5.82 Å². The Morgan fingerprint density at radius 3 is 2.39 bits per heavy atom. The second-order valence-corrected chi connectivity index (χ2v) is 5.63. The number of carbonyl (C=O) groups excluding carboxylic acids is 1. The zero-order valence-corrected chi connectivity index (χ0v) is 11.7. The molecule has 1 unspecified atom stereocenters. The van der Waals surface area contributed by atoms with Gasteiger partial charge in [-0.1, -0.05) is 20.8 Å². The number of aromatic nitrogens is 1. The van der Waals surface area contributed by atoms with E-state index in [0.29, 0.717) is 11.5 Å². The van der Waals surface area contributed by atoms with E-state index in [1.807, 2.05) is 11.9 Å². The molecule has 0 saturated carbocycles. The third-order valence-corrected chi connectivity index (χ3v) is 3.33. The van der Waals surface area contributed by atoms with Crippen molar-refractivity contribution in [2.75, 3.05) is 17.7 Å². The van der Waals surface area contributed by atoms with Crippen molar-refractivity contribution in [1.29, 1.82) is 0 Å². The van der Waals surface area contributed by atoms with E-state index in [-0.39, 0.29) is 17.2 Å². The molecule has 0 spiro atoms. The smallest absolute Gasteiger partial charge is 0.267 e. The topological polar surface area (TPSA) is 85.2 Å². The quantitative estimate of drug-likeness (QED) is 0.853. The highest BCUT2D eigenvalue weighted by Gasteiger charge is 2.26. The summed E-state index contributed by atoms with van der Waals surface area (Å²) in [5.74, 6) is 0.0433. The molecular formula is C13H22N4O. The van der Waals surface area contributed by atoms with Gasteiger partial charge in [0.2, 0.25) is 0 Å². The lowest BCUT2D eigenvalue weighted by Gasteiger charge is -2.36. The molecule has 0 saturated heterocycles. The van der Waals surface area contributed by atoms with Crippen molar-refractivity contribution in [3.8, 4) is 0 Å². The minimum atomic E-state index is -0.548. The third kappa shape index (κ3) is 2.91. The Hall–Kier alpha value is -1.78. The first-order valence-corrected chi connectivity index (χ1v) is 5.93. The molecule has 18 heavy (non-hydrogen) atoms. The normalized spacial score (nSPS) is 13.2. The van der Waals surface area contributed by atoms with Gasteiger partial charge in [0.25, 0.3) is 5.91 Å². The molecule has 5 nitrogen and oxygen atoms in total. The van der Waals surface area contributed by atoms with Crippen LogP contribution in [-0.2, 0) is 0 Å². The number of rotatable bonds is 3. The lowest BCUT2D eigenvalue weighted by Crippen LogP contribution is -2.40. The van der Waals surface area contributed by atoms with Gasteiger partial charge in [0, 0.05) is 13.1 Å². The highest BCUT2D eigenvalue weighted by atomic mass is 16.1. The van der Waals surface area contributed by atoms with Crippen LogP contribution in [0.3, 0.4) is 0 Å². The van der Waals surface area contributed by atoms with Crippen LogP contribution in [0.25, 0.3) is 0 Å². The lowest BCUT2D eigenvalue weighted by molar-refractivity contribution is 0.0995. The average Bonchev–Trinajstić information content (AvgIpc) is 2.26. The van der Waals surface area contributed by atoms with Gasteiger partial charge >= 0.3 is 0 Å². The van der Waals surface area contributed by atoms with E-state index < -0.39 is 5.91 Å². The predicted octanol–water partition coefficient (Wildman–Crippen LogP) is 1.63. The van der Waals surface area contributed by atoms with E-state index >= 15 is 0 Å². The Balaban J connectivity index is 3.16. The summed E-state index contributed by atoms with van der Waals surface area (Å²) in [7, 11) is 1.92. The SMILES string of the molecule is CC(N(C)c1nc(C(N)=O)ccc1N)C(C)(C)C. The summed E-state index contributed by atoms with van der Waals surface area (Å²) in [5.41, 5.74) is 12.0. The fourth-order valence-electron chi connectivity index (χ4n) is 1.64. The lowest BCUT2D eigenvalue weighted by atomic mass is 9.87. The largest absolute Gasteiger partial charge is 0.396 e. The molecule has 1 rings (SSSR count). The highest BCUT2D eigenvalue weighted by molar-refractivity contribution is 5.91. The van der Waals surface area contributed by atoms with Crippen LogP contribution in [0, 0.1) is 5.41 Å². The Bertz CT molecular complexity index is 451. The molecule has 0 bridgehead atoms. The van der Waals surface area contributed by atoms with Gasteiger partial charge in [-0.25, -0.2) is 4.98 Å². The molecule has 0 aliphatic heterocycles. The van der Waals surface area contributed by atoms with Crippen LogP contribution in [-0.4, -0.2) is 24.0 Å². The Kier molecular flexibility index (Phi) is 3.84. The van der Waals surface area contributed by atoms with Crippen molar-refractivity contribution >= 4 is 17.4 Å². The molecule has 1 amide bonds. The summed E-state index contributed by atoms with van der Waals surface area (Å²) in [6.07, 6.45) is 0. The van der Waals surface area contributed by atoms with Crippen LogP contribution in [0.5, 0.6) is 0 Å². The monoisotopic (exact) mass is 250 g/mol. The first kappa shape index (κ1) is 14.3. The number of pyridine rings is 1. The van der Waals surface area contributed by atoms with Crippen LogP contribution >= 0.6 is 0 Å². The fraction of sp³-hybridized carbons (Fsp3) is 0.538. The van der Waals surface area contributed by atoms with E-state index in [0.717, 1.165) is 0 Å². The summed E-state index contributed by atoms with van der Waals surface area (Å²) >= 11 is 0. The zero-order valence-electron chi connectivity index (χ0n) is 11.7. The van der Waals surface area contributed by atoms with E-state index in [1.54, 1.807) is 6.07 Å². The number of primary amides is 1. The molecule has 0 aliphatic rings. The molecule has 1 aromatic heterocycles. The van der Waals surface area contributed by atoms with Crippen molar-refractivity contribution in [2.45, 2.75) is 33.7 Å². The van der Waals surface area contributed by atoms with Crippen molar-refractivity contribution in [2.24, 2.45) is 11.1 Å². The molecule has 0 aliphatic carbocycles. The Labute approximate surface area is 108 Å². The van der Waals surface area contributed by atoms with Crippen molar-refractivity contribution < 1.29 is 4.79 Å². The first-order valence-electron chi connectivity index (χ1n) is 5.93. The Morgan fingerprint density at radius 1 is 1.39 bits per heavy atom. The number of nitrogen functional groups attached to an aromatic ring is 1. The summed E-state index contributed by atoms with van der Waals surface area (Å²) in [6.45, 7) is 8.52. The minimum absolute atomic E-state index is 0.0750. The van der Waals surface area contributed by atoms with Crippen LogP contribution < -0.4 is 16.4 Å². The predicted molar refractivity (Wildman–Crippen MR) is 74.5 cm³/mol. The number of anilines is 2. The molecule has 0 radical (unpaired) electrons. The summed E-state index contributed by atoms with van der Waals surface area (Å²) < 4.78 is 0. The van der Waals surface area contributed by atoms with Crippen LogP contribution in [0.2, 0.25) is 0 Å². The summed E-state index contributed by atoms with van der Waals surface area (Å²) in [4.78, 5) is 17.4. The van der Waals surface area contributed by atoms with Gasteiger partial charge in [-0.3, -0.25) is 4.79 Å². The van der Waals surface area contributed by atoms with Gasteiger partial charge < -0.3 is 16.4 Å². The third-order valence-electron chi connectivity index (χ3n) is 3.33. The van der Waals surface area contributed by atoms with Crippen molar-refractivity contribution in [3.05, 3.63) is 17.8 Å². The van der Waals surface area contributed by atoms with E-state index in [2.05, 4.69) is 32.7 Å². The minimum Gasteiger partial charge on any atom is -0.396 e. The van der Waals surface area contributed by atoms with E-state index in [9.17, 15) is 4.79 Å². The van der Waals surface area contributed by atoms with Gasteiger partial charge in [0.1, 0.15) is 5.69 Å². The van der Waals surface area contributed by atoms with Crippen LogP contribution in [0.15, 0.2) is 12.1 Å². The molecule has 0 fully saturated rings. The Morgan fingerprint density at radius 2 is 1.94 bits per heavy atom. The maximum atomic E-state index is 11.2. The maximum absolute atomic E-state index is 11.2. The van der Waals surface area contributed by atoms with Gasteiger partial charge in [-0.05, 0) is 24.5 Å². The molecule has 4 N–H and O–H groups in total. The molecule has 0 aromatic carbocycles. The maximum Gasteiger partial charge on any atom is 0.267 e. The molecular weight excluding hydrogens is 228 g/mol. The van der Waals surface area contributed by atoms with E-state index in [4.69, 9.17) is 11.5 Å². The summed E-state index contributed by atoms with van der Waals surface area (Å²) in [6, 6.07) is 3.42. The summed E-state index contributed by atoms with van der Waals surface area (Å²) in [5, 5.41) is 0. The second-order valence-electron chi connectivity index (χ2n) is 5.63. The number of carbonyl (C=O) groups is 1. The molecule has 5 heteroatoms. The van der Waals surface area contributed by atoms with Gasteiger partial charge in [0.05, 0.1) is 5.69 Å². The second kappa shape index (κ2) is 4.84. The van der Waals surface area contributed by atoms with Crippen LogP contribution in [0.4, 0.5) is 11.5 Å². The van der Waals surface area contributed by atoms with Crippen molar-refractivity contribution in [3.63, 3.8) is 0 Å². The number of hydrogen-bond donors (Lipinski definition) is 2. The van der Waals surface area contributed by atoms with Gasteiger partial charge in [-0.2, -0.15) is 0 Å². The van der Waals surface area contributed by atoms with Gasteiger partial charge in [-0.15, -0.1) is 0 Å². The first-order chi connectivity index (χ1) is 8.14. The number of amides is 1. The average molecular weight is 250 g/mol. The number of nitrogens with zero attached hydrogens (tertiary/aromatic N) is 2. The molecule has 100 valence electrons. The highest BCUT2D eigenvalue weighted by Crippen LogP contribution is 2.29. The number of nitrogens with two attached hydrogens (primary N) is 2. The fourth-order valence-corrected chi connectivity index (χ4v) is 1.64. The van der Waals surface area contributed by atoms with Crippen LogP contribution in [0.1, 0.15) is 38.2 Å². The number of hydrogen-bond acceptors (Lipinski definition) is 4. The van der Waals surface area contributed by atoms with E-state index in [1.165, 1.54) is 6.07 Å². The molecule has 1 aromatic rings. The standard InChI is InChI=1S/C13H22N4O/c1-8(13(2,3)4)17(5)12-9(14)6-7-10(16-12)11(15)18/h6-8H,14H2,1-5H3,(H2,15,18). The zero-order chi connectivity index (χ0) is 14.1. The molecule has 1 heterocycles. The molecule has 1 atom stereocenters.